The highest BCUT2D eigenvalue weighted by Gasteiger charge is 2.17. The van der Waals surface area contributed by atoms with Crippen LogP contribution in [0.1, 0.15) is 18.5 Å². The number of aryl methyl sites for hydroxylation is 1. The Morgan fingerprint density at radius 2 is 2.00 bits per heavy atom. The Morgan fingerprint density at radius 3 is 2.71 bits per heavy atom. The van der Waals surface area contributed by atoms with Crippen molar-refractivity contribution in [3.8, 4) is 11.4 Å². The van der Waals surface area contributed by atoms with Crippen molar-refractivity contribution in [1.29, 1.82) is 0 Å². The maximum atomic E-state index is 12.7. The lowest BCUT2D eigenvalue weighted by Crippen LogP contribution is -2.14. The molecule has 0 fully saturated rings. The van der Waals surface area contributed by atoms with Crippen molar-refractivity contribution in [3.05, 3.63) is 58.5 Å². The largest absolute Gasteiger partial charge is 0.399 e. The van der Waals surface area contributed by atoms with Crippen LogP contribution in [0.25, 0.3) is 28.1 Å². The molecule has 3 aromatic rings. The SMILES string of the molecule is Cc1nn(C2=CCC=CC2)c2c(=O)[nH]c(-c3ccc(N)cc3)nc12. The molecule has 1 aliphatic rings. The molecule has 0 unspecified atom stereocenters. The molecule has 0 radical (unpaired) electrons. The highest BCUT2D eigenvalue weighted by molar-refractivity contribution is 5.82. The first-order valence-corrected chi connectivity index (χ1v) is 7.83. The van der Waals surface area contributed by atoms with Gasteiger partial charge in [-0.25, -0.2) is 9.67 Å². The molecule has 0 atom stereocenters. The van der Waals surface area contributed by atoms with E-state index in [4.69, 9.17) is 5.73 Å². The van der Waals surface area contributed by atoms with E-state index in [1.807, 2.05) is 19.1 Å². The first-order valence-electron chi connectivity index (χ1n) is 7.83. The number of aromatic nitrogens is 4. The molecule has 24 heavy (non-hydrogen) atoms. The Balaban J connectivity index is 1.91. The Labute approximate surface area is 138 Å². The minimum absolute atomic E-state index is 0.192. The van der Waals surface area contributed by atoms with Gasteiger partial charge in [0.15, 0.2) is 5.52 Å². The third-order valence-corrected chi connectivity index (χ3v) is 4.14. The molecule has 6 nitrogen and oxygen atoms in total. The monoisotopic (exact) mass is 319 g/mol. The number of anilines is 1. The standard InChI is InChI=1S/C18H17N5O/c1-11-15-16(23(22-11)14-5-3-2-4-6-14)18(24)21-17(20-15)12-7-9-13(19)10-8-12/h2-3,6-10H,4-5,19H2,1H3,(H,20,21,24). The smallest absolute Gasteiger partial charge is 0.277 e. The zero-order chi connectivity index (χ0) is 16.7. The number of aromatic amines is 1. The topological polar surface area (TPSA) is 89.6 Å². The van der Waals surface area contributed by atoms with Gasteiger partial charge in [0.1, 0.15) is 11.3 Å². The van der Waals surface area contributed by atoms with Crippen molar-refractivity contribution in [2.75, 3.05) is 5.73 Å². The van der Waals surface area contributed by atoms with Crippen LogP contribution in [0.15, 0.2) is 47.3 Å². The van der Waals surface area contributed by atoms with Crippen molar-refractivity contribution in [2.45, 2.75) is 19.8 Å². The fourth-order valence-corrected chi connectivity index (χ4v) is 2.91. The summed E-state index contributed by atoms with van der Waals surface area (Å²) in [5.74, 6) is 0.521. The van der Waals surface area contributed by atoms with E-state index in [9.17, 15) is 4.79 Å². The quantitative estimate of drug-likeness (QED) is 0.561. The summed E-state index contributed by atoms with van der Waals surface area (Å²) in [6.45, 7) is 1.87. The second-order valence-electron chi connectivity index (χ2n) is 5.84. The van der Waals surface area contributed by atoms with Gasteiger partial charge in [-0.15, -0.1) is 0 Å². The Morgan fingerprint density at radius 1 is 1.21 bits per heavy atom. The maximum Gasteiger partial charge on any atom is 0.277 e. The van der Waals surface area contributed by atoms with Crippen LogP contribution in [0.5, 0.6) is 0 Å². The molecule has 2 heterocycles. The molecule has 6 heteroatoms. The number of nitrogens with zero attached hydrogens (tertiary/aromatic N) is 3. The predicted octanol–water partition coefficient (Wildman–Crippen LogP) is 2.87. The molecule has 0 saturated heterocycles. The molecule has 0 amide bonds. The third kappa shape index (κ3) is 2.32. The van der Waals surface area contributed by atoms with Crippen LogP contribution in [0, 0.1) is 6.92 Å². The molecule has 3 N–H and O–H groups in total. The summed E-state index contributed by atoms with van der Waals surface area (Å²) in [6, 6.07) is 7.26. The van der Waals surface area contributed by atoms with Gasteiger partial charge in [-0.3, -0.25) is 4.79 Å². The maximum absolute atomic E-state index is 12.7. The number of H-pyrrole nitrogens is 1. The van der Waals surface area contributed by atoms with Crippen LogP contribution in [0.4, 0.5) is 5.69 Å². The molecule has 1 aliphatic carbocycles. The first-order chi connectivity index (χ1) is 11.6. The zero-order valence-electron chi connectivity index (χ0n) is 13.3. The minimum atomic E-state index is -0.192. The lowest BCUT2D eigenvalue weighted by atomic mass is 10.1. The number of hydrogen-bond donors (Lipinski definition) is 2. The summed E-state index contributed by atoms with van der Waals surface area (Å²) in [4.78, 5) is 20.2. The molecule has 1 aromatic carbocycles. The molecule has 2 aromatic heterocycles. The second kappa shape index (κ2) is 5.49. The number of benzene rings is 1. The third-order valence-electron chi connectivity index (χ3n) is 4.14. The van der Waals surface area contributed by atoms with E-state index >= 15 is 0 Å². The summed E-state index contributed by atoms with van der Waals surface area (Å²) in [7, 11) is 0. The van der Waals surface area contributed by atoms with Gasteiger partial charge < -0.3 is 10.7 Å². The van der Waals surface area contributed by atoms with E-state index in [1.165, 1.54) is 0 Å². The minimum Gasteiger partial charge on any atom is -0.399 e. The number of hydrogen-bond acceptors (Lipinski definition) is 4. The molecule has 0 saturated carbocycles. The summed E-state index contributed by atoms with van der Waals surface area (Å²) in [5, 5.41) is 4.54. The molecule has 0 bridgehead atoms. The van der Waals surface area contributed by atoms with E-state index in [2.05, 4.69) is 33.3 Å². The van der Waals surface area contributed by atoms with Gasteiger partial charge in [0, 0.05) is 23.4 Å². The molecule has 0 spiro atoms. The normalized spacial score (nSPS) is 14.1. The van der Waals surface area contributed by atoms with Gasteiger partial charge in [0.05, 0.1) is 5.69 Å². The fraction of sp³-hybridized carbons (Fsp3) is 0.167. The lowest BCUT2D eigenvalue weighted by Gasteiger charge is -2.09. The molecular formula is C18H17N5O. The summed E-state index contributed by atoms with van der Waals surface area (Å²) in [6.07, 6.45) is 7.88. The highest BCUT2D eigenvalue weighted by Crippen LogP contribution is 2.23. The highest BCUT2D eigenvalue weighted by atomic mass is 16.1. The Hall–Kier alpha value is -3.15. The van der Waals surface area contributed by atoms with Gasteiger partial charge in [-0.1, -0.05) is 18.2 Å². The van der Waals surface area contributed by atoms with Crippen molar-refractivity contribution < 1.29 is 0 Å². The van der Waals surface area contributed by atoms with E-state index in [0.29, 0.717) is 22.5 Å². The fourth-order valence-electron chi connectivity index (χ4n) is 2.91. The van der Waals surface area contributed by atoms with Gasteiger partial charge in [-0.2, -0.15) is 5.10 Å². The first kappa shape index (κ1) is 14.4. The lowest BCUT2D eigenvalue weighted by molar-refractivity contribution is 0.873. The average Bonchev–Trinajstić information content (AvgIpc) is 2.94. The number of nitrogens with one attached hydrogen (secondary N) is 1. The Bertz CT molecular complexity index is 1040. The summed E-state index contributed by atoms with van der Waals surface area (Å²) < 4.78 is 1.72. The van der Waals surface area contributed by atoms with Crippen molar-refractivity contribution >= 4 is 22.4 Å². The molecule has 120 valence electrons. The molecule has 0 aliphatic heterocycles. The Kier molecular flexibility index (Phi) is 3.30. The van der Waals surface area contributed by atoms with Crippen molar-refractivity contribution in [3.63, 3.8) is 0 Å². The van der Waals surface area contributed by atoms with Gasteiger partial charge in [-0.05, 0) is 37.6 Å². The second-order valence-corrected chi connectivity index (χ2v) is 5.84. The van der Waals surface area contributed by atoms with E-state index in [1.54, 1.807) is 16.8 Å². The number of nitrogens with two attached hydrogens (primary N) is 1. The van der Waals surface area contributed by atoms with Crippen LogP contribution in [0.2, 0.25) is 0 Å². The van der Waals surface area contributed by atoms with E-state index in [-0.39, 0.29) is 5.56 Å². The average molecular weight is 319 g/mol. The van der Waals surface area contributed by atoms with Crippen LogP contribution in [0.3, 0.4) is 0 Å². The van der Waals surface area contributed by atoms with Crippen LogP contribution in [-0.2, 0) is 0 Å². The number of allylic oxidation sites excluding steroid dienone is 4. The zero-order valence-corrected chi connectivity index (χ0v) is 13.3. The number of rotatable bonds is 2. The number of nitrogen functional groups attached to an aromatic ring is 1. The molecule has 4 rings (SSSR count). The van der Waals surface area contributed by atoms with E-state index < -0.39 is 0 Å². The van der Waals surface area contributed by atoms with Crippen LogP contribution < -0.4 is 11.3 Å². The summed E-state index contributed by atoms with van der Waals surface area (Å²) in [5.41, 5.74) is 9.87. The van der Waals surface area contributed by atoms with Crippen LogP contribution in [-0.4, -0.2) is 19.7 Å². The number of fused-ring (bicyclic) bond motifs is 1. The van der Waals surface area contributed by atoms with Gasteiger partial charge >= 0.3 is 0 Å². The van der Waals surface area contributed by atoms with Gasteiger partial charge in [0.25, 0.3) is 5.56 Å². The predicted molar refractivity (Wildman–Crippen MR) is 95.4 cm³/mol. The molecular weight excluding hydrogens is 302 g/mol. The van der Waals surface area contributed by atoms with Crippen LogP contribution >= 0.6 is 0 Å². The summed E-state index contributed by atoms with van der Waals surface area (Å²) >= 11 is 0. The van der Waals surface area contributed by atoms with E-state index in [0.717, 1.165) is 29.8 Å². The van der Waals surface area contributed by atoms with Crippen molar-refractivity contribution in [1.82, 2.24) is 19.7 Å². The van der Waals surface area contributed by atoms with Gasteiger partial charge in [0.2, 0.25) is 0 Å². The van der Waals surface area contributed by atoms with Crippen molar-refractivity contribution in [2.24, 2.45) is 0 Å².